The second kappa shape index (κ2) is 8.23. The van der Waals surface area contributed by atoms with Gasteiger partial charge in [-0.05, 0) is 43.7 Å². The molecule has 0 atom stereocenters. The molecule has 5 rings (SSSR count). The Morgan fingerprint density at radius 3 is 2.68 bits per heavy atom. The third-order valence-electron chi connectivity index (χ3n) is 5.81. The van der Waals surface area contributed by atoms with Gasteiger partial charge in [-0.1, -0.05) is 12.1 Å². The van der Waals surface area contributed by atoms with Crippen molar-refractivity contribution in [2.24, 2.45) is 0 Å². The molecule has 0 aliphatic carbocycles. The number of benzene rings is 1. The van der Waals surface area contributed by atoms with Crippen molar-refractivity contribution in [2.75, 3.05) is 13.1 Å². The largest absolute Gasteiger partial charge is 0.454 e. The number of fused-ring (bicyclic) bond motifs is 1. The zero-order valence-corrected chi connectivity index (χ0v) is 18.9. The summed E-state index contributed by atoms with van der Waals surface area (Å²) in [6.07, 6.45) is 2.90. The number of amides is 1. The summed E-state index contributed by atoms with van der Waals surface area (Å²) in [6.45, 7) is 4.14. The maximum Gasteiger partial charge on any atom is 0.254 e. The van der Waals surface area contributed by atoms with E-state index in [2.05, 4.69) is 4.98 Å². The average molecular weight is 460 g/mol. The van der Waals surface area contributed by atoms with Gasteiger partial charge in [0.15, 0.2) is 5.58 Å². The highest BCUT2D eigenvalue weighted by Gasteiger charge is 2.29. The molecule has 1 aromatic carbocycles. The van der Waals surface area contributed by atoms with Crippen molar-refractivity contribution in [3.05, 3.63) is 76.8 Å². The van der Waals surface area contributed by atoms with Gasteiger partial charge < -0.3 is 24.1 Å². The molecule has 4 aromatic rings. The molecule has 0 saturated carbocycles. The van der Waals surface area contributed by atoms with Crippen LogP contribution < -0.4 is 5.56 Å². The summed E-state index contributed by atoms with van der Waals surface area (Å²) in [6, 6.07) is 14.1. The van der Waals surface area contributed by atoms with Gasteiger partial charge in [-0.2, -0.15) is 0 Å². The van der Waals surface area contributed by atoms with Crippen LogP contribution in [0.2, 0.25) is 0 Å². The number of hydrogen-bond acceptors (Lipinski definition) is 6. The van der Waals surface area contributed by atoms with E-state index in [0.29, 0.717) is 41.1 Å². The van der Waals surface area contributed by atoms with Gasteiger partial charge in [0.2, 0.25) is 0 Å². The number of aromatic nitrogens is 2. The minimum Gasteiger partial charge on any atom is -0.454 e. The van der Waals surface area contributed by atoms with Crippen molar-refractivity contribution in [3.8, 4) is 22.5 Å². The van der Waals surface area contributed by atoms with Gasteiger partial charge >= 0.3 is 0 Å². The first-order chi connectivity index (χ1) is 16.2. The van der Waals surface area contributed by atoms with Crippen LogP contribution in [0.25, 0.3) is 33.6 Å². The first-order valence-corrected chi connectivity index (χ1v) is 11.1. The second-order valence-corrected chi connectivity index (χ2v) is 9.32. The van der Waals surface area contributed by atoms with Crippen LogP contribution in [0.3, 0.4) is 0 Å². The molecule has 2 N–H and O–H groups in total. The summed E-state index contributed by atoms with van der Waals surface area (Å²) >= 11 is 0. The smallest absolute Gasteiger partial charge is 0.254 e. The van der Waals surface area contributed by atoms with E-state index in [9.17, 15) is 19.8 Å². The van der Waals surface area contributed by atoms with Crippen LogP contribution in [0.1, 0.15) is 24.2 Å². The van der Waals surface area contributed by atoms with Gasteiger partial charge in [-0.25, -0.2) is 0 Å². The van der Waals surface area contributed by atoms with Crippen molar-refractivity contribution >= 4 is 17.0 Å². The summed E-state index contributed by atoms with van der Waals surface area (Å²) in [5, 5.41) is 19.6. The zero-order chi connectivity index (χ0) is 24.0. The first-order valence-electron chi connectivity index (χ1n) is 11.1. The summed E-state index contributed by atoms with van der Waals surface area (Å²) in [5.74, 6) is 0.424. The molecule has 3 aromatic heterocycles. The molecule has 1 saturated heterocycles. The number of furan rings is 1. The Labute approximate surface area is 195 Å². The van der Waals surface area contributed by atoms with Crippen molar-refractivity contribution < 1.29 is 19.4 Å². The molecule has 8 heteroatoms. The van der Waals surface area contributed by atoms with Crippen molar-refractivity contribution in [3.63, 3.8) is 0 Å². The third-order valence-corrected chi connectivity index (χ3v) is 5.81. The van der Waals surface area contributed by atoms with Gasteiger partial charge in [0.1, 0.15) is 11.3 Å². The lowest BCUT2D eigenvalue weighted by atomic mass is 10.0. The lowest BCUT2D eigenvalue weighted by Crippen LogP contribution is -2.53. The van der Waals surface area contributed by atoms with Crippen LogP contribution in [0.4, 0.5) is 0 Å². The number of aliphatic hydroxyl groups excluding tert-OH is 1. The van der Waals surface area contributed by atoms with E-state index in [4.69, 9.17) is 4.42 Å². The van der Waals surface area contributed by atoms with E-state index in [-0.39, 0.29) is 18.0 Å². The van der Waals surface area contributed by atoms with Gasteiger partial charge in [-0.3, -0.25) is 14.6 Å². The average Bonchev–Trinajstić information content (AvgIpc) is 3.21. The fourth-order valence-electron chi connectivity index (χ4n) is 4.15. The Morgan fingerprint density at radius 2 is 1.94 bits per heavy atom. The van der Waals surface area contributed by atoms with Crippen LogP contribution in [0.15, 0.2) is 70.1 Å². The van der Waals surface area contributed by atoms with Crippen LogP contribution in [0, 0.1) is 0 Å². The number of carbonyl (C=O) groups excluding carboxylic acids is 1. The summed E-state index contributed by atoms with van der Waals surface area (Å²) in [7, 11) is 0. The number of aliphatic hydroxyl groups is 2. The predicted octanol–water partition coefficient (Wildman–Crippen LogP) is 2.91. The topological polar surface area (TPSA) is 109 Å². The molecule has 0 bridgehead atoms. The normalized spacial score (nSPS) is 14.4. The van der Waals surface area contributed by atoms with Gasteiger partial charge in [-0.15, -0.1) is 0 Å². The maximum absolute atomic E-state index is 12.7. The number of likely N-dealkylation sites (tertiary alicyclic amines) is 1. The molecule has 0 radical (unpaired) electrons. The number of rotatable bonds is 5. The molecule has 174 valence electrons. The molecule has 1 amide bonds. The molecule has 8 nitrogen and oxygen atoms in total. The summed E-state index contributed by atoms with van der Waals surface area (Å²) < 4.78 is 7.65. The van der Waals surface area contributed by atoms with Gasteiger partial charge in [0.25, 0.3) is 11.5 Å². The van der Waals surface area contributed by atoms with Crippen molar-refractivity contribution in [1.82, 2.24) is 14.5 Å². The quantitative estimate of drug-likeness (QED) is 0.475. The van der Waals surface area contributed by atoms with E-state index in [1.807, 2.05) is 30.3 Å². The van der Waals surface area contributed by atoms with Crippen LogP contribution in [0.5, 0.6) is 0 Å². The maximum atomic E-state index is 12.7. The number of nitrogens with zero attached hydrogens (tertiary/aromatic N) is 3. The van der Waals surface area contributed by atoms with E-state index in [0.717, 1.165) is 11.1 Å². The van der Waals surface area contributed by atoms with Crippen LogP contribution >= 0.6 is 0 Å². The first kappa shape index (κ1) is 22.1. The predicted molar refractivity (Wildman–Crippen MR) is 127 cm³/mol. The van der Waals surface area contributed by atoms with Crippen molar-refractivity contribution in [2.45, 2.75) is 32.1 Å². The molecule has 1 aliphatic heterocycles. The Kier molecular flexibility index (Phi) is 5.34. The Balaban J connectivity index is 1.52. The number of hydrogen-bond donors (Lipinski definition) is 2. The number of β-amino-alcohol motifs (C(OH)–C–C–N with tert-alkyl or cyclic N) is 1. The zero-order valence-electron chi connectivity index (χ0n) is 18.9. The second-order valence-electron chi connectivity index (χ2n) is 9.32. The molecule has 0 unspecified atom stereocenters. The summed E-state index contributed by atoms with van der Waals surface area (Å²) in [4.78, 5) is 31.0. The molecule has 4 heterocycles. The molecule has 34 heavy (non-hydrogen) atoms. The molecular formula is C26H25N3O5. The monoisotopic (exact) mass is 459 g/mol. The van der Waals surface area contributed by atoms with Crippen LogP contribution in [-0.2, 0) is 6.54 Å². The lowest BCUT2D eigenvalue weighted by Gasteiger charge is -2.35. The highest BCUT2D eigenvalue weighted by atomic mass is 16.3. The van der Waals surface area contributed by atoms with Crippen molar-refractivity contribution in [1.29, 1.82) is 0 Å². The minimum absolute atomic E-state index is 0.119. The Morgan fingerprint density at radius 1 is 1.15 bits per heavy atom. The standard InChI is InChI=1S/C26H25N3O5/c1-26(2,33)15-29-12-18(6-7-23(29)31)22-11-21-24(34-22)20(8-9-27-21)16-4-3-5-17(10-16)25(32)28-13-19(30)14-28/h3-12,19,30,33H,13-15H2,1-2H3. The highest BCUT2D eigenvalue weighted by Crippen LogP contribution is 2.34. The van der Waals surface area contributed by atoms with Gasteiger partial charge in [0, 0.05) is 54.3 Å². The summed E-state index contributed by atoms with van der Waals surface area (Å²) in [5.41, 5.74) is 2.80. The Hall–Kier alpha value is -3.75. The number of carbonyl (C=O) groups is 1. The van der Waals surface area contributed by atoms with E-state index < -0.39 is 11.7 Å². The molecular weight excluding hydrogens is 434 g/mol. The molecule has 1 fully saturated rings. The third kappa shape index (κ3) is 4.25. The van der Waals surface area contributed by atoms with Crippen LogP contribution in [-0.4, -0.2) is 55.4 Å². The fourth-order valence-corrected chi connectivity index (χ4v) is 4.15. The molecule has 1 aliphatic rings. The van der Waals surface area contributed by atoms with E-state index in [1.54, 1.807) is 43.3 Å². The van der Waals surface area contributed by atoms with E-state index >= 15 is 0 Å². The van der Waals surface area contributed by atoms with Gasteiger partial charge in [0.05, 0.1) is 18.2 Å². The number of pyridine rings is 2. The highest BCUT2D eigenvalue weighted by molar-refractivity contribution is 5.98. The SMILES string of the molecule is CC(C)(O)Cn1cc(-c2cc3nccc(-c4cccc(C(=O)N5CC(O)C5)c4)c3o2)ccc1=O. The Bertz CT molecular complexity index is 1440. The van der Waals surface area contributed by atoms with E-state index in [1.165, 1.54) is 10.6 Å². The fraction of sp³-hybridized carbons (Fsp3) is 0.269. The minimum atomic E-state index is -1.04. The molecule has 0 spiro atoms. The lowest BCUT2D eigenvalue weighted by molar-refractivity contribution is 0.00590.